The molecular weight excluding hydrogens is 246 g/mol. The molecule has 0 bridgehead atoms. The lowest BCUT2D eigenvalue weighted by atomic mass is 9.80. The number of nitrogens with two attached hydrogens (primary N) is 1. The van der Waals surface area contributed by atoms with Crippen LogP contribution in [-0.4, -0.2) is 54.1 Å². The minimum absolute atomic E-state index is 0.269. The summed E-state index contributed by atoms with van der Waals surface area (Å²) in [5.41, 5.74) is 6.70. The van der Waals surface area contributed by atoms with Gasteiger partial charge in [0.2, 0.25) is 0 Å². The third-order valence-electron chi connectivity index (χ3n) is 5.35. The Morgan fingerprint density at radius 3 is 2.05 bits per heavy atom. The smallest absolute Gasteiger partial charge is 0.0296 e. The predicted molar refractivity (Wildman–Crippen MR) is 86.9 cm³/mol. The van der Waals surface area contributed by atoms with E-state index in [9.17, 15) is 0 Å². The molecule has 2 fully saturated rings. The second-order valence-corrected chi connectivity index (χ2v) is 7.89. The maximum Gasteiger partial charge on any atom is 0.0296 e. The van der Waals surface area contributed by atoms with E-state index in [1.54, 1.807) is 0 Å². The number of hydrogen-bond donors (Lipinski definition) is 1. The second-order valence-electron chi connectivity index (χ2n) is 7.89. The molecular formula is C17H35N3. The summed E-state index contributed by atoms with van der Waals surface area (Å²) in [6.45, 7) is 14.1. The average Bonchev–Trinajstić information content (AvgIpc) is 2.92. The lowest BCUT2D eigenvalue weighted by Crippen LogP contribution is -2.60. The molecule has 2 aliphatic rings. The Hall–Kier alpha value is -0.120. The molecule has 0 radical (unpaired) electrons. The maximum atomic E-state index is 6.44. The van der Waals surface area contributed by atoms with Crippen LogP contribution < -0.4 is 5.73 Å². The third kappa shape index (κ3) is 3.75. The van der Waals surface area contributed by atoms with Gasteiger partial charge in [-0.1, -0.05) is 40.5 Å². The van der Waals surface area contributed by atoms with Crippen LogP contribution in [0.15, 0.2) is 0 Å². The highest BCUT2D eigenvalue weighted by Gasteiger charge is 2.36. The van der Waals surface area contributed by atoms with Gasteiger partial charge in [-0.15, -0.1) is 0 Å². The van der Waals surface area contributed by atoms with Crippen LogP contribution in [0.25, 0.3) is 0 Å². The van der Waals surface area contributed by atoms with E-state index < -0.39 is 0 Å². The topological polar surface area (TPSA) is 32.5 Å². The Bertz CT molecular complexity index is 283. The summed E-state index contributed by atoms with van der Waals surface area (Å²) >= 11 is 0. The summed E-state index contributed by atoms with van der Waals surface area (Å²) in [6.07, 6.45) is 6.81. The van der Waals surface area contributed by atoms with Gasteiger partial charge in [0, 0.05) is 44.3 Å². The van der Waals surface area contributed by atoms with Crippen molar-refractivity contribution in [2.75, 3.05) is 26.2 Å². The van der Waals surface area contributed by atoms with E-state index in [1.807, 2.05) is 0 Å². The molecule has 1 saturated heterocycles. The fourth-order valence-corrected chi connectivity index (χ4v) is 4.33. The third-order valence-corrected chi connectivity index (χ3v) is 5.35. The van der Waals surface area contributed by atoms with Gasteiger partial charge >= 0.3 is 0 Å². The molecule has 0 amide bonds. The fraction of sp³-hybridized carbons (Fsp3) is 1.00. The van der Waals surface area contributed by atoms with E-state index in [1.165, 1.54) is 51.9 Å². The SMILES string of the molecule is CCC(N)C(N1CCN(C2CCCC2)CC1)C(C)(C)C. The van der Waals surface area contributed by atoms with Crippen molar-refractivity contribution in [1.82, 2.24) is 9.80 Å². The first-order chi connectivity index (χ1) is 9.43. The standard InChI is InChI=1S/C17H35N3/c1-5-15(18)16(17(2,3)4)20-12-10-19(11-13-20)14-8-6-7-9-14/h14-16H,5-13,18H2,1-4H3. The minimum Gasteiger partial charge on any atom is -0.326 e. The zero-order valence-corrected chi connectivity index (χ0v) is 14.1. The molecule has 1 aliphatic heterocycles. The summed E-state index contributed by atoms with van der Waals surface area (Å²) in [5.74, 6) is 0. The molecule has 2 atom stereocenters. The van der Waals surface area contributed by atoms with Gasteiger partial charge in [-0.2, -0.15) is 0 Å². The van der Waals surface area contributed by atoms with Gasteiger partial charge in [-0.25, -0.2) is 0 Å². The summed E-state index contributed by atoms with van der Waals surface area (Å²) in [7, 11) is 0. The van der Waals surface area contributed by atoms with Crippen molar-refractivity contribution in [3.63, 3.8) is 0 Å². The van der Waals surface area contributed by atoms with Crippen LogP contribution in [0.1, 0.15) is 59.8 Å². The fourth-order valence-electron chi connectivity index (χ4n) is 4.33. The van der Waals surface area contributed by atoms with Crippen LogP contribution in [0, 0.1) is 5.41 Å². The number of nitrogens with zero attached hydrogens (tertiary/aromatic N) is 2. The van der Waals surface area contributed by atoms with Crippen LogP contribution in [0.4, 0.5) is 0 Å². The van der Waals surface area contributed by atoms with Crippen LogP contribution in [0.2, 0.25) is 0 Å². The van der Waals surface area contributed by atoms with Crippen LogP contribution in [0.5, 0.6) is 0 Å². The molecule has 1 aliphatic carbocycles. The van der Waals surface area contributed by atoms with Gasteiger partial charge in [0.25, 0.3) is 0 Å². The lowest BCUT2D eigenvalue weighted by molar-refractivity contribution is 0.0187. The van der Waals surface area contributed by atoms with Crippen molar-refractivity contribution in [3.05, 3.63) is 0 Å². The molecule has 1 heterocycles. The van der Waals surface area contributed by atoms with Crippen LogP contribution >= 0.6 is 0 Å². The largest absolute Gasteiger partial charge is 0.326 e. The molecule has 3 nitrogen and oxygen atoms in total. The van der Waals surface area contributed by atoms with Crippen molar-refractivity contribution in [2.24, 2.45) is 11.1 Å². The Morgan fingerprint density at radius 2 is 1.60 bits per heavy atom. The van der Waals surface area contributed by atoms with E-state index in [4.69, 9.17) is 5.73 Å². The zero-order valence-electron chi connectivity index (χ0n) is 14.1. The van der Waals surface area contributed by atoms with E-state index in [-0.39, 0.29) is 5.41 Å². The molecule has 1 saturated carbocycles. The molecule has 2 rings (SSSR count). The molecule has 2 N–H and O–H groups in total. The average molecular weight is 281 g/mol. The van der Waals surface area contributed by atoms with E-state index >= 15 is 0 Å². The maximum absolute atomic E-state index is 6.44. The lowest BCUT2D eigenvalue weighted by Gasteiger charge is -2.48. The first-order valence-corrected chi connectivity index (χ1v) is 8.67. The van der Waals surface area contributed by atoms with E-state index in [2.05, 4.69) is 37.5 Å². The normalized spacial score (nSPS) is 26.9. The van der Waals surface area contributed by atoms with Gasteiger partial charge in [0.05, 0.1) is 0 Å². The molecule has 0 aromatic carbocycles. The highest BCUT2D eigenvalue weighted by atomic mass is 15.3. The molecule has 20 heavy (non-hydrogen) atoms. The van der Waals surface area contributed by atoms with Crippen molar-refractivity contribution in [1.29, 1.82) is 0 Å². The number of rotatable bonds is 4. The Balaban J connectivity index is 1.93. The molecule has 0 aromatic rings. The Labute approximate surface area is 125 Å². The summed E-state index contributed by atoms with van der Waals surface area (Å²) in [5, 5.41) is 0. The van der Waals surface area contributed by atoms with Crippen LogP contribution in [0.3, 0.4) is 0 Å². The van der Waals surface area contributed by atoms with E-state index in [0.29, 0.717) is 12.1 Å². The van der Waals surface area contributed by atoms with Gasteiger partial charge in [0.1, 0.15) is 0 Å². The monoisotopic (exact) mass is 281 g/mol. The Kier molecular flexibility index (Phi) is 5.49. The molecule has 118 valence electrons. The zero-order chi connectivity index (χ0) is 14.8. The predicted octanol–water partition coefficient (Wildman–Crippen LogP) is 2.70. The number of hydrogen-bond acceptors (Lipinski definition) is 3. The quantitative estimate of drug-likeness (QED) is 0.860. The van der Waals surface area contributed by atoms with Gasteiger partial charge in [-0.05, 0) is 24.7 Å². The van der Waals surface area contributed by atoms with Crippen molar-refractivity contribution in [2.45, 2.75) is 77.9 Å². The van der Waals surface area contributed by atoms with Crippen molar-refractivity contribution in [3.8, 4) is 0 Å². The van der Waals surface area contributed by atoms with E-state index in [0.717, 1.165) is 12.5 Å². The van der Waals surface area contributed by atoms with Crippen LogP contribution in [-0.2, 0) is 0 Å². The van der Waals surface area contributed by atoms with Crippen molar-refractivity contribution >= 4 is 0 Å². The van der Waals surface area contributed by atoms with Gasteiger partial charge < -0.3 is 5.73 Å². The Morgan fingerprint density at radius 1 is 1.05 bits per heavy atom. The molecule has 0 aromatic heterocycles. The summed E-state index contributed by atoms with van der Waals surface area (Å²) < 4.78 is 0. The minimum atomic E-state index is 0.269. The highest BCUT2D eigenvalue weighted by Crippen LogP contribution is 2.30. The van der Waals surface area contributed by atoms with Gasteiger partial charge in [0.15, 0.2) is 0 Å². The number of piperazine rings is 1. The second kappa shape index (κ2) is 6.76. The molecule has 2 unspecified atom stereocenters. The summed E-state index contributed by atoms with van der Waals surface area (Å²) in [4.78, 5) is 5.40. The molecule has 3 heteroatoms. The van der Waals surface area contributed by atoms with Crippen molar-refractivity contribution < 1.29 is 0 Å². The first-order valence-electron chi connectivity index (χ1n) is 8.67. The first kappa shape index (κ1) is 16.3. The molecule has 0 spiro atoms. The highest BCUT2D eigenvalue weighted by molar-refractivity contribution is 4.93. The van der Waals surface area contributed by atoms with Gasteiger partial charge in [-0.3, -0.25) is 9.80 Å². The summed E-state index contributed by atoms with van der Waals surface area (Å²) in [6, 6.07) is 1.69.